The fraction of sp³-hybridized carbons (Fsp3) is 0.630. The number of hydrogen-bond donors (Lipinski definition) is 2. The smallest absolute Gasteiger partial charge is 0.335 e. The standard InChI is InChI=1S/C27H32O11/c1-15-8-10-34-20(28)5-3-4-6-21(29)38-17-12-19-27(14-36-27)25(17,2)26(13-35-24(33)22(15)30)9-7-16(23(31)32)11-18(26)37-19/h3-6,11,15,17-19,22,30H,7-10,12-14H2,1-2H3,(H,31,32)/b5-3?,6-4-. The van der Waals surface area contributed by atoms with Gasteiger partial charge in [0.25, 0.3) is 0 Å². The maximum Gasteiger partial charge on any atom is 0.335 e. The maximum atomic E-state index is 13.0. The molecule has 1 saturated carbocycles. The molecule has 11 nitrogen and oxygen atoms in total. The summed E-state index contributed by atoms with van der Waals surface area (Å²) in [6.45, 7) is 3.72. The number of ether oxygens (including phenoxy) is 5. The first kappa shape index (κ1) is 26.6. The van der Waals surface area contributed by atoms with Crippen molar-refractivity contribution >= 4 is 23.9 Å². The lowest BCUT2D eigenvalue weighted by molar-refractivity contribution is -0.234. The van der Waals surface area contributed by atoms with Crippen molar-refractivity contribution in [2.45, 2.75) is 69.5 Å². The van der Waals surface area contributed by atoms with Gasteiger partial charge in [0.2, 0.25) is 0 Å². The molecule has 3 aliphatic heterocycles. The van der Waals surface area contributed by atoms with Gasteiger partial charge in [-0.25, -0.2) is 19.2 Å². The van der Waals surface area contributed by atoms with Crippen molar-refractivity contribution in [3.05, 3.63) is 36.0 Å². The van der Waals surface area contributed by atoms with E-state index in [1.165, 1.54) is 18.2 Å². The van der Waals surface area contributed by atoms with Crippen LogP contribution in [0.15, 0.2) is 36.0 Å². The van der Waals surface area contributed by atoms with Gasteiger partial charge in [-0.1, -0.05) is 26.0 Å². The predicted molar refractivity (Wildman–Crippen MR) is 127 cm³/mol. The van der Waals surface area contributed by atoms with Gasteiger partial charge in [0.05, 0.1) is 30.8 Å². The van der Waals surface area contributed by atoms with E-state index in [-0.39, 0.29) is 38.0 Å². The van der Waals surface area contributed by atoms with E-state index in [9.17, 15) is 29.4 Å². The Hall–Kier alpha value is -3.02. The number of aliphatic hydroxyl groups excluding tert-OH is 1. The van der Waals surface area contributed by atoms with Crippen LogP contribution in [-0.4, -0.2) is 83.9 Å². The second-order valence-corrected chi connectivity index (χ2v) is 10.9. The lowest BCUT2D eigenvalue weighted by atomic mass is 9.51. The second kappa shape index (κ2) is 9.62. The van der Waals surface area contributed by atoms with Gasteiger partial charge in [0.1, 0.15) is 18.3 Å². The summed E-state index contributed by atoms with van der Waals surface area (Å²) in [5.41, 5.74) is -2.45. The van der Waals surface area contributed by atoms with Gasteiger partial charge in [0, 0.05) is 29.6 Å². The van der Waals surface area contributed by atoms with Crippen LogP contribution in [0.3, 0.4) is 0 Å². The number of carboxylic acid groups (broad SMARTS) is 1. The number of carboxylic acids is 1. The number of cyclic esters (lactones) is 2. The monoisotopic (exact) mass is 532 g/mol. The molecule has 2 bridgehead atoms. The summed E-state index contributed by atoms with van der Waals surface area (Å²) in [7, 11) is 0. The van der Waals surface area contributed by atoms with E-state index in [4.69, 9.17) is 23.7 Å². The Kier molecular flexibility index (Phi) is 6.73. The average Bonchev–Trinajstić information content (AvgIpc) is 3.66. The Labute approximate surface area is 219 Å². The van der Waals surface area contributed by atoms with Gasteiger partial charge >= 0.3 is 23.9 Å². The van der Waals surface area contributed by atoms with Crippen LogP contribution < -0.4 is 0 Å². The largest absolute Gasteiger partial charge is 0.478 e. The lowest BCUT2D eigenvalue weighted by Gasteiger charge is -2.58. The summed E-state index contributed by atoms with van der Waals surface area (Å²) in [4.78, 5) is 49.4. The van der Waals surface area contributed by atoms with Gasteiger partial charge in [0.15, 0.2) is 6.10 Å². The molecule has 2 saturated heterocycles. The van der Waals surface area contributed by atoms with E-state index in [0.29, 0.717) is 13.0 Å². The molecule has 3 heterocycles. The van der Waals surface area contributed by atoms with E-state index >= 15 is 0 Å². The molecule has 0 aromatic carbocycles. The number of aliphatic carboxylic acids is 1. The zero-order valence-corrected chi connectivity index (χ0v) is 21.3. The number of rotatable bonds is 1. The minimum atomic E-state index is -1.47. The molecule has 2 spiro atoms. The molecular weight excluding hydrogens is 500 g/mol. The van der Waals surface area contributed by atoms with Gasteiger partial charge < -0.3 is 33.9 Å². The first-order valence-electron chi connectivity index (χ1n) is 12.8. The maximum absolute atomic E-state index is 13.0. The molecule has 206 valence electrons. The third-order valence-electron chi connectivity index (χ3n) is 9.19. The zero-order chi connectivity index (χ0) is 27.3. The van der Waals surface area contributed by atoms with E-state index in [1.807, 2.05) is 6.92 Å². The molecule has 8 atom stereocenters. The molecule has 0 amide bonds. The van der Waals surface area contributed by atoms with Crippen molar-refractivity contribution in [1.29, 1.82) is 0 Å². The lowest BCUT2D eigenvalue weighted by Crippen LogP contribution is -2.67. The van der Waals surface area contributed by atoms with Crippen LogP contribution in [0.25, 0.3) is 0 Å². The summed E-state index contributed by atoms with van der Waals surface area (Å²) in [6.07, 6.45) is 4.33. The van der Waals surface area contributed by atoms with Crippen LogP contribution in [0.5, 0.6) is 0 Å². The highest BCUT2D eigenvalue weighted by Gasteiger charge is 2.83. The van der Waals surface area contributed by atoms with E-state index in [1.54, 1.807) is 13.0 Å². The predicted octanol–water partition coefficient (Wildman–Crippen LogP) is 1.24. The Morgan fingerprint density at radius 1 is 1.05 bits per heavy atom. The van der Waals surface area contributed by atoms with Crippen LogP contribution in [0.4, 0.5) is 0 Å². The summed E-state index contributed by atoms with van der Waals surface area (Å²) >= 11 is 0. The third-order valence-corrected chi connectivity index (χ3v) is 9.19. The molecule has 5 aliphatic rings. The number of hydrogen-bond acceptors (Lipinski definition) is 10. The van der Waals surface area contributed by atoms with E-state index in [0.717, 1.165) is 6.08 Å². The molecule has 8 unspecified atom stereocenters. The fourth-order valence-corrected chi connectivity index (χ4v) is 6.69. The van der Waals surface area contributed by atoms with Crippen LogP contribution >= 0.6 is 0 Å². The molecular formula is C27H32O11. The number of allylic oxidation sites excluding steroid dienone is 2. The molecule has 5 rings (SSSR count). The Balaban J connectivity index is 1.54. The van der Waals surface area contributed by atoms with Crippen molar-refractivity contribution in [3.8, 4) is 0 Å². The minimum absolute atomic E-state index is 0.0238. The summed E-state index contributed by atoms with van der Waals surface area (Å²) in [5.74, 6) is -3.72. The number of carbonyl (C=O) groups excluding carboxylic acids is 3. The van der Waals surface area contributed by atoms with Crippen molar-refractivity contribution in [3.63, 3.8) is 0 Å². The number of epoxide rings is 1. The highest BCUT2D eigenvalue weighted by Crippen LogP contribution is 2.72. The van der Waals surface area contributed by atoms with Crippen LogP contribution in [0.2, 0.25) is 0 Å². The molecule has 0 radical (unpaired) electrons. The minimum Gasteiger partial charge on any atom is -0.478 e. The molecule has 3 fully saturated rings. The van der Waals surface area contributed by atoms with Crippen molar-refractivity contribution in [2.24, 2.45) is 16.7 Å². The van der Waals surface area contributed by atoms with Gasteiger partial charge in [-0.15, -0.1) is 0 Å². The highest BCUT2D eigenvalue weighted by molar-refractivity contribution is 5.87. The quantitative estimate of drug-likeness (QED) is 0.284. The van der Waals surface area contributed by atoms with Crippen LogP contribution in [-0.2, 0) is 42.9 Å². The fourth-order valence-electron chi connectivity index (χ4n) is 6.69. The molecule has 0 aromatic heterocycles. The van der Waals surface area contributed by atoms with Crippen molar-refractivity contribution in [1.82, 2.24) is 0 Å². The number of carbonyl (C=O) groups is 4. The summed E-state index contributed by atoms with van der Waals surface area (Å²) < 4.78 is 29.2. The molecule has 2 aliphatic carbocycles. The third kappa shape index (κ3) is 4.07. The molecule has 2 N–H and O–H groups in total. The molecule has 0 aromatic rings. The van der Waals surface area contributed by atoms with Gasteiger partial charge in [-0.2, -0.15) is 0 Å². The first-order chi connectivity index (χ1) is 18.0. The Morgan fingerprint density at radius 3 is 2.45 bits per heavy atom. The number of aliphatic hydroxyl groups is 1. The summed E-state index contributed by atoms with van der Waals surface area (Å²) in [5, 5.41) is 20.3. The number of esters is 3. The second-order valence-electron chi connectivity index (χ2n) is 10.9. The normalized spacial score (nSPS) is 44.0. The van der Waals surface area contributed by atoms with Crippen LogP contribution in [0.1, 0.15) is 39.5 Å². The Bertz CT molecular complexity index is 1120. The topological polar surface area (TPSA) is 158 Å². The van der Waals surface area contributed by atoms with Crippen molar-refractivity contribution < 1.29 is 53.1 Å². The first-order valence-corrected chi connectivity index (χ1v) is 12.8. The van der Waals surface area contributed by atoms with Gasteiger partial charge in [-0.3, -0.25) is 0 Å². The van der Waals surface area contributed by atoms with Crippen molar-refractivity contribution in [2.75, 3.05) is 19.8 Å². The molecule has 38 heavy (non-hydrogen) atoms. The summed E-state index contributed by atoms with van der Waals surface area (Å²) in [6, 6.07) is 0. The highest BCUT2D eigenvalue weighted by atomic mass is 16.6. The molecule has 11 heteroatoms. The SMILES string of the molecule is CC1CCOC(=O)C=C/C=C\C(=O)OC2CC3OC4C=C(C(=O)O)CCC4(COC(=O)C1O)C2(C)C31CO1. The van der Waals surface area contributed by atoms with E-state index in [2.05, 4.69) is 0 Å². The van der Waals surface area contributed by atoms with Crippen LogP contribution in [0, 0.1) is 16.7 Å². The Morgan fingerprint density at radius 2 is 1.76 bits per heavy atom. The van der Waals surface area contributed by atoms with Gasteiger partial charge in [-0.05, 0) is 31.3 Å². The average molecular weight is 533 g/mol. The van der Waals surface area contributed by atoms with E-state index < -0.39 is 70.6 Å². The zero-order valence-electron chi connectivity index (χ0n) is 21.3.